The van der Waals surface area contributed by atoms with E-state index in [1.54, 1.807) is 20.8 Å². The second-order valence-corrected chi connectivity index (χ2v) is 10.7. The molecule has 1 atom stereocenters. The maximum absolute atomic E-state index is 13.0. The van der Waals surface area contributed by atoms with Crippen molar-refractivity contribution in [3.8, 4) is 0 Å². The van der Waals surface area contributed by atoms with Gasteiger partial charge in [-0.1, -0.05) is 13.8 Å². The Balaban J connectivity index is 2.23. The maximum atomic E-state index is 13.0. The van der Waals surface area contributed by atoms with Gasteiger partial charge in [0.25, 0.3) is 0 Å². The topological polar surface area (TPSA) is 101 Å². The number of carbonyl (C=O) groups is 1. The minimum absolute atomic E-state index is 0.0571. The van der Waals surface area contributed by atoms with E-state index in [1.165, 1.54) is 33.5 Å². The SMILES string of the molecule is CCOC(=O)N1CCC[C@H](S(=O)(=O)c2ccc(S(=O)(=O)N(CC)CC)cc2)C1. The summed E-state index contributed by atoms with van der Waals surface area (Å²) in [7, 11) is -7.34. The molecule has 1 aliphatic rings. The summed E-state index contributed by atoms with van der Waals surface area (Å²) < 4.78 is 57.4. The van der Waals surface area contributed by atoms with Crippen molar-refractivity contribution < 1.29 is 26.4 Å². The van der Waals surface area contributed by atoms with Gasteiger partial charge in [0, 0.05) is 26.2 Å². The Morgan fingerprint density at radius 3 is 2.18 bits per heavy atom. The fourth-order valence-corrected chi connectivity index (χ4v) is 6.49. The van der Waals surface area contributed by atoms with Crippen molar-refractivity contribution in [1.82, 2.24) is 9.21 Å². The third kappa shape index (κ3) is 4.66. The molecule has 1 aromatic carbocycles. The number of sulfonamides is 1. The van der Waals surface area contributed by atoms with Crippen LogP contribution in [0.3, 0.4) is 0 Å². The quantitative estimate of drug-likeness (QED) is 0.654. The van der Waals surface area contributed by atoms with Crippen molar-refractivity contribution in [1.29, 1.82) is 0 Å². The Kier molecular flexibility index (Phi) is 7.46. The van der Waals surface area contributed by atoms with Gasteiger partial charge in [-0.15, -0.1) is 0 Å². The molecule has 0 radical (unpaired) electrons. The predicted molar refractivity (Wildman–Crippen MR) is 105 cm³/mol. The van der Waals surface area contributed by atoms with E-state index in [9.17, 15) is 21.6 Å². The van der Waals surface area contributed by atoms with Crippen LogP contribution < -0.4 is 0 Å². The van der Waals surface area contributed by atoms with Crippen molar-refractivity contribution in [3.05, 3.63) is 24.3 Å². The minimum atomic E-state index is -3.69. The molecule has 1 fully saturated rings. The van der Waals surface area contributed by atoms with Crippen molar-refractivity contribution in [2.45, 2.75) is 48.7 Å². The molecular formula is C18H28N2O6S2. The highest BCUT2D eigenvalue weighted by Gasteiger charge is 2.34. The van der Waals surface area contributed by atoms with E-state index in [0.29, 0.717) is 32.5 Å². The van der Waals surface area contributed by atoms with E-state index in [1.807, 2.05) is 0 Å². The highest BCUT2D eigenvalue weighted by Crippen LogP contribution is 2.26. The van der Waals surface area contributed by atoms with Gasteiger partial charge in [0.2, 0.25) is 10.0 Å². The predicted octanol–water partition coefficient (Wildman–Crippen LogP) is 2.11. The molecule has 0 aromatic heterocycles. The van der Waals surface area contributed by atoms with E-state index < -0.39 is 31.2 Å². The highest BCUT2D eigenvalue weighted by atomic mass is 32.2. The van der Waals surface area contributed by atoms with Gasteiger partial charge in [0.1, 0.15) is 0 Å². The van der Waals surface area contributed by atoms with Gasteiger partial charge >= 0.3 is 6.09 Å². The molecule has 0 saturated carbocycles. The Morgan fingerprint density at radius 1 is 1.07 bits per heavy atom. The molecule has 2 rings (SSSR count). The molecule has 10 heteroatoms. The van der Waals surface area contributed by atoms with Crippen LogP contribution in [-0.2, 0) is 24.6 Å². The van der Waals surface area contributed by atoms with Crippen molar-refractivity contribution in [3.63, 3.8) is 0 Å². The van der Waals surface area contributed by atoms with Crippen molar-refractivity contribution in [2.75, 3.05) is 32.8 Å². The maximum Gasteiger partial charge on any atom is 0.409 e. The molecule has 1 saturated heterocycles. The number of carbonyl (C=O) groups excluding carboxylic acids is 1. The van der Waals surface area contributed by atoms with E-state index in [-0.39, 0.29) is 22.9 Å². The molecular weight excluding hydrogens is 404 g/mol. The smallest absolute Gasteiger partial charge is 0.409 e. The number of piperidine rings is 1. The Bertz CT molecular complexity index is 877. The molecule has 0 N–H and O–H groups in total. The van der Waals surface area contributed by atoms with E-state index in [4.69, 9.17) is 4.74 Å². The second-order valence-electron chi connectivity index (χ2n) is 6.51. The van der Waals surface area contributed by atoms with Gasteiger partial charge in [-0.3, -0.25) is 0 Å². The lowest BCUT2D eigenvalue weighted by atomic mass is 10.1. The number of sulfone groups is 1. The van der Waals surface area contributed by atoms with Crippen LogP contribution in [0.5, 0.6) is 0 Å². The van der Waals surface area contributed by atoms with Crippen LogP contribution in [0, 0.1) is 0 Å². The molecule has 28 heavy (non-hydrogen) atoms. The summed E-state index contributed by atoms with van der Waals surface area (Å²) in [4.78, 5) is 13.5. The summed E-state index contributed by atoms with van der Waals surface area (Å²) in [6.45, 7) is 6.64. The lowest BCUT2D eigenvalue weighted by molar-refractivity contribution is 0.100. The standard InChI is InChI=1S/C18H28N2O6S2/c1-4-20(5-2)28(24,25)16-11-9-15(10-12-16)27(22,23)17-8-7-13-19(14-17)18(21)26-6-3/h9-12,17H,4-8,13-14H2,1-3H3/t17-/m0/s1. The molecule has 1 heterocycles. The van der Waals surface area contributed by atoms with Crippen LogP contribution in [0.2, 0.25) is 0 Å². The molecule has 0 aliphatic carbocycles. The molecule has 1 amide bonds. The molecule has 1 aromatic rings. The van der Waals surface area contributed by atoms with Crippen molar-refractivity contribution >= 4 is 26.0 Å². The zero-order chi connectivity index (χ0) is 20.9. The van der Waals surface area contributed by atoms with Crippen LogP contribution in [0.15, 0.2) is 34.1 Å². The fraction of sp³-hybridized carbons (Fsp3) is 0.611. The molecule has 0 bridgehead atoms. The summed E-state index contributed by atoms with van der Waals surface area (Å²) >= 11 is 0. The van der Waals surface area contributed by atoms with Crippen LogP contribution in [0.4, 0.5) is 4.79 Å². The van der Waals surface area contributed by atoms with Crippen molar-refractivity contribution in [2.24, 2.45) is 0 Å². The number of amides is 1. The lowest BCUT2D eigenvalue weighted by Crippen LogP contribution is -2.45. The average molecular weight is 433 g/mol. The van der Waals surface area contributed by atoms with Crippen LogP contribution in [-0.4, -0.2) is 70.2 Å². The molecule has 1 aliphatic heterocycles. The highest BCUT2D eigenvalue weighted by molar-refractivity contribution is 7.92. The normalized spacial score (nSPS) is 18.3. The van der Waals surface area contributed by atoms with Gasteiger partial charge in [0.15, 0.2) is 9.84 Å². The summed E-state index contributed by atoms with van der Waals surface area (Å²) in [5.41, 5.74) is 0. The van der Waals surface area contributed by atoms with Gasteiger partial charge in [0.05, 0.1) is 21.6 Å². The zero-order valence-electron chi connectivity index (χ0n) is 16.5. The fourth-order valence-electron chi connectivity index (χ4n) is 3.28. The molecule has 0 unspecified atom stereocenters. The monoisotopic (exact) mass is 432 g/mol. The van der Waals surface area contributed by atoms with Gasteiger partial charge < -0.3 is 9.64 Å². The molecule has 8 nitrogen and oxygen atoms in total. The first-order valence-corrected chi connectivity index (χ1v) is 12.4. The first-order valence-electron chi connectivity index (χ1n) is 9.44. The van der Waals surface area contributed by atoms with Gasteiger partial charge in [-0.2, -0.15) is 4.31 Å². The number of ether oxygens (including phenoxy) is 1. The summed E-state index contributed by atoms with van der Waals surface area (Å²) in [6, 6.07) is 5.31. The van der Waals surface area contributed by atoms with E-state index in [2.05, 4.69) is 0 Å². The van der Waals surface area contributed by atoms with Gasteiger partial charge in [-0.25, -0.2) is 21.6 Å². The van der Waals surface area contributed by atoms with Crippen LogP contribution in [0.1, 0.15) is 33.6 Å². The number of nitrogens with zero attached hydrogens (tertiary/aromatic N) is 2. The summed E-state index contributed by atoms with van der Waals surface area (Å²) in [5.74, 6) is 0. The van der Waals surface area contributed by atoms with Gasteiger partial charge in [-0.05, 0) is 44.0 Å². The number of benzene rings is 1. The molecule has 158 valence electrons. The summed E-state index contributed by atoms with van der Waals surface area (Å²) in [6.07, 6.45) is 0.498. The number of hydrogen-bond donors (Lipinski definition) is 0. The van der Waals surface area contributed by atoms with Crippen LogP contribution >= 0.6 is 0 Å². The first-order chi connectivity index (χ1) is 13.2. The largest absolute Gasteiger partial charge is 0.450 e. The van der Waals surface area contributed by atoms with Crippen LogP contribution in [0.25, 0.3) is 0 Å². The van der Waals surface area contributed by atoms with E-state index in [0.717, 1.165) is 0 Å². The third-order valence-corrected chi connectivity index (χ3v) is 9.09. The first kappa shape index (κ1) is 22.6. The number of hydrogen-bond acceptors (Lipinski definition) is 6. The average Bonchev–Trinajstić information content (AvgIpc) is 2.69. The minimum Gasteiger partial charge on any atom is -0.450 e. The Labute approximate surface area is 167 Å². The summed E-state index contributed by atoms with van der Waals surface area (Å²) in [5, 5.41) is -0.740. The number of rotatable bonds is 7. The van der Waals surface area contributed by atoms with E-state index >= 15 is 0 Å². The Morgan fingerprint density at radius 2 is 1.64 bits per heavy atom. The Hall–Kier alpha value is -1.65. The zero-order valence-corrected chi connectivity index (χ0v) is 18.1. The molecule has 0 spiro atoms. The number of likely N-dealkylation sites (tertiary alicyclic amines) is 1. The third-order valence-electron chi connectivity index (χ3n) is 4.84. The second kappa shape index (κ2) is 9.23. The lowest BCUT2D eigenvalue weighted by Gasteiger charge is -2.31.